The van der Waals surface area contributed by atoms with Crippen LogP contribution in [0.4, 0.5) is 0 Å². The number of hydrogen-bond acceptors (Lipinski definition) is 4. The Kier molecular flexibility index (Phi) is 6.00. The van der Waals surface area contributed by atoms with E-state index in [-0.39, 0.29) is 19.0 Å². The molecule has 3 rings (SSSR count). The Morgan fingerprint density at radius 3 is 2.07 bits per heavy atom. The monoisotopic (exact) mass is 416 g/mol. The molecule has 1 fully saturated rings. The van der Waals surface area contributed by atoms with Gasteiger partial charge in [-0.2, -0.15) is 4.31 Å². The van der Waals surface area contributed by atoms with E-state index in [9.17, 15) is 13.2 Å². The van der Waals surface area contributed by atoms with Gasteiger partial charge in [0.15, 0.2) is 0 Å². The van der Waals surface area contributed by atoms with E-state index in [1.54, 1.807) is 17.0 Å². The zero-order valence-electron chi connectivity index (χ0n) is 17.7. The van der Waals surface area contributed by atoms with Crippen LogP contribution in [0.25, 0.3) is 6.08 Å². The van der Waals surface area contributed by atoms with Gasteiger partial charge in [-0.3, -0.25) is 4.79 Å². The van der Waals surface area contributed by atoms with E-state index in [2.05, 4.69) is 0 Å². The van der Waals surface area contributed by atoms with Gasteiger partial charge >= 0.3 is 0 Å². The summed E-state index contributed by atoms with van der Waals surface area (Å²) in [5, 5.41) is 0. The maximum Gasteiger partial charge on any atom is 0.246 e. The maximum atomic E-state index is 13.3. The highest BCUT2D eigenvalue weighted by Crippen LogP contribution is 2.29. The number of amides is 1. The normalized spacial score (nSPS) is 16.0. The number of carbonyl (C=O) groups is 1. The van der Waals surface area contributed by atoms with Crippen LogP contribution < -0.4 is 0 Å². The van der Waals surface area contributed by atoms with E-state index in [1.807, 2.05) is 46.8 Å². The Balaban J connectivity index is 1.72. The SMILES string of the molecule is Cc1ccc(C=CC(=O)N2CCN(S(=O)(=O)c3c(C)c(C)cc(C)c3C)CC2)o1. The highest BCUT2D eigenvalue weighted by molar-refractivity contribution is 7.89. The van der Waals surface area contributed by atoms with Crippen molar-refractivity contribution in [2.24, 2.45) is 0 Å². The fourth-order valence-corrected chi connectivity index (χ4v) is 5.65. The van der Waals surface area contributed by atoms with Crippen LogP contribution >= 0.6 is 0 Å². The Labute approximate surface area is 172 Å². The van der Waals surface area contributed by atoms with Crippen molar-refractivity contribution in [2.45, 2.75) is 39.5 Å². The molecule has 0 saturated carbocycles. The molecule has 29 heavy (non-hydrogen) atoms. The van der Waals surface area contributed by atoms with Crippen molar-refractivity contribution >= 4 is 22.0 Å². The maximum absolute atomic E-state index is 13.3. The number of sulfonamides is 1. The second-order valence-electron chi connectivity index (χ2n) is 7.60. The van der Waals surface area contributed by atoms with Crippen LogP contribution in [0.5, 0.6) is 0 Å². The first-order chi connectivity index (χ1) is 13.6. The van der Waals surface area contributed by atoms with Gasteiger partial charge in [0, 0.05) is 32.3 Å². The summed E-state index contributed by atoms with van der Waals surface area (Å²) in [6, 6.07) is 5.66. The summed E-state index contributed by atoms with van der Waals surface area (Å²) in [5.74, 6) is 1.26. The fraction of sp³-hybridized carbons (Fsp3) is 0.409. The molecule has 7 heteroatoms. The first-order valence-corrected chi connectivity index (χ1v) is 11.2. The summed E-state index contributed by atoms with van der Waals surface area (Å²) >= 11 is 0. The molecule has 0 N–H and O–H groups in total. The number of piperazine rings is 1. The summed E-state index contributed by atoms with van der Waals surface area (Å²) in [5.41, 5.74) is 3.53. The van der Waals surface area contributed by atoms with Gasteiger partial charge in [-0.05, 0) is 75.1 Å². The Hall–Kier alpha value is -2.38. The van der Waals surface area contributed by atoms with Gasteiger partial charge < -0.3 is 9.32 Å². The van der Waals surface area contributed by atoms with Gasteiger partial charge in [0.2, 0.25) is 15.9 Å². The average molecular weight is 417 g/mol. The minimum absolute atomic E-state index is 0.144. The highest BCUT2D eigenvalue weighted by atomic mass is 32.2. The molecule has 156 valence electrons. The van der Waals surface area contributed by atoms with E-state index >= 15 is 0 Å². The lowest BCUT2D eigenvalue weighted by atomic mass is 10.0. The standard InChI is InChI=1S/C22H28N2O4S/c1-15-14-16(2)19(5)22(18(15)4)29(26,27)24-12-10-23(11-13-24)21(25)9-8-20-7-6-17(3)28-20/h6-9,14H,10-13H2,1-5H3. The lowest BCUT2D eigenvalue weighted by molar-refractivity contribution is -0.127. The van der Waals surface area contributed by atoms with E-state index in [0.717, 1.165) is 28.0 Å². The molecule has 1 saturated heterocycles. The van der Waals surface area contributed by atoms with Crippen LogP contribution in [0.2, 0.25) is 0 Å². The second-order valence-corrected chi connectivity index (χ2v) is 9.48. The van der Waals surface area contributed by atoms with Crippen molar-refractivity contribution < 1.29 is 17.6 Å². The van der Waals surface area contributed by atoms with E-state index in [4.69, 9.17) is 4.42 Å². The first kappa shape index (κ1) is 21.3. The predicted octanol–water partition coefficient (Wildman–Crippen LogP) is 3.37. The van der Waals surface area contributed by atoms with Gasteiger partial charge in [-0.15, -0.1) is 0 Å². The van der Waals surface area contributed by atoms with Gasteiger partial charge in [0.05, 0.1) is 4.90 Å². The van der Waals surface area contributed by atoms with Crippen molar-refractivity contribution in [1.29, 1.82) is 0 Å². The molecule has 1 aromatic heterocycles. The molecule has 2 aromatic rings. The average Bonchev–Trinajstić information content (AvgIpc) is 3.10. The van der Waals surface area contributed by atoms with Crippen molar-refractivity contribution in [2.75, 3.05) is 26.2 Å². The van der Waals surface area contributed by atoms with Crippen molar-refractivity contribution in [1.82, 2.24) is 9.21 Å². The number of hydrogen-bond donors (Lipinski definition) is 0. The van der Waals surface area contributed by atoms with Gasteiger partial charge in [-0.1, -0.05) is 6.07 Å². The third-order valence-electron chi connectivity index (χ3n) is 5.60. The Morgan fingerprint density at radius 2 is 1.55 bits per heavy atom. The number of rotatable bonds is 4. The minimum Gasteiger partial charge on any atom is -0.462 e. The molecule has 1 amide bonds. The van der Waals surface area contributed by atoms with Crippen LogP contribution in [0.3, 0.4) is 0 Å². The smallest absolute Gasteiger partial charge is 0.246 e. The number of nitrogens with zero attached hydrogens (tertiary/aromatic N) is 2. The van der Waals surface area contributed by atoms with Crippen LogP contribution in [-0.2, 0) is 14.8 Å². The van der Waals surface area contributed by atoms with Crippen LogP contribution in [-0.4, -0.2) is 49.7 Å². The lowest BCUT2D eigenvalue weighted by Gasteiger charge is -2.34. The molecule has 1 aromatic carbocycles. The molecule has 1 aliphatic rings. The van der Waals surface area contributed by atoms with Crippen molar-refractivity contribution in [3.63, 3.8) is 0 Å². The summed E-state index contributed by atoms with van der Waals surface area (Å²) in [6.45, 7) is 10.7. The van der Waals surface area contributed by atoms with Gasteiger partial charge in [-0.25, -0.2) is 8.42 Å². The summed E-state index contributed by atoms with van der Waals surface area (Å²) < 4.78 is 33.6. The number of furan rings is 1. The topological polar surface area (TPSA) is 70.8 Å². The molecule has 0 unspecified atom stereocenters. The molecule has 0 radical (unpaired) electrons. The quantitative estimate of drug-likeness (QED) is 0.717. The summed E-state index contributed by atoms with van der Waals surface area (Å²) in [6.07, 6.45) is 3.11. The third kappa shape index (κ3) is 4.31. The Bertz CT molecular complexity index is 1030. The van der Waals surface area contributed by atoms with Crippen LogP contribution in [0, 0.1) is 34.6 Å². The largest absolute Gasteiger partial charge is 0.462 e. The van der Waals surface area contributed by atoms with Crippen molar-refractivity contribution in [3.8, 4) is 0 Å². The number of aryl methyl sites for hydroxylation is 3. The van der Waals surface area contributed by atoms with Gasteiger partial charge in [0.25, 0.3) is 0 Å². The van der Waals surface area contributed by atoms with E-state index in [0.29, 0.717) is 23.7 Å². The molecular weight excluding hydrogens is 388 g/mol. The molecule has 0 bridgehead atoms. The van der Waals surface area contributed by atoms with Gasteiger partial charge in [0.1, 0.15) is 11.5 Å². The van der Waals surface area contributed by atoms with E-state index < -0.39 is 10.0 Å². The minimum atomic E-state index is -3.61. The second kappa shape index (κ2) is 8.16. The van der Waals surface area contributed by atoms with Crippen LogP contribution in [0.15, 0.2) is 33.6 Å². The number of benzene rings is 1. The fourth-order valence-electron chi connectivity index (χ4n) is 3.65. The lowest BCUT2D eigenvalue weighted by Crippen LogP contribution is -2.50. The highest BCUT2D eigenvalue weighted by Gasteiger charge is 2.32. The molecule has 2 heterocycles. The van der Waals surface area contributed by atoms with Crippen molar-refractivity contribution in [3.05, 3.63) is 58.0 Å². The zero-order chi connectivity index (χ0) is 21.3. The number of carbonyl (C=O) groups excluding carboxylic acids is 1. The summed E-state index contributed by atoms with van der Waals surface area (Å²) in [7, 11) is -3.61. The molecular formula is C22H28N2O4S. The molecule has 0 atom stereocenters. The molecule has 0 spiro atoms. The third-order valence-corrected chi connectivity index (χ3v) is 7.77. The molecule has 0 aliphatic carbocycles. The molecule has 1 aliphatic heterocycles. The molecule has 6 nitrogen and oxygen atoms in total. The summed E-state index contributed by atoms with van der Waals surface area (Å²) in [4.78, 5) is 14.5. The zero-order valence-corrected chi connectivity index (χ0v) is 18.5. The first-order valence-electron chi connectivity index (χ1n) is 9.72. The Morgan fingerprint density at radius 1 is 0.966 bits per heavy atom. The van der Waals surface area contributed by atoms with Crippen LogP contribution in [0.1, 0.15) is 33.8 Å². The predicted molar refractivity (Wildman–Crippen MR) is 113 cm³/mol. The van der Waals surface area contributed by atoms with E-state index in [1.165, 1.54) is 10.4 Å².